The number of aromatic amines is 1. The number of H-pyrrole nitrogens is 1. The second-order valence-electron chi connectivity index (χ2n) is 3.14. The van der Waals surface area contributed by atoms with E-state index in [9.17, 15) is 4.79 Å². The van der Waals surface area contributed by atoms with Crippen LogP contribution in [0.5, 0.6) is 0 Å². The molecule has 68 valence electrons. The molecular formula is C7H13N3O2. The Bertz CT molecular complexity index is 289. The highest BCUT2D eigenvalue weighted by molar-refractivity contribution is 4.84. The SMILES string of the molecule is CC(C)C(N)Cc1nc(=O)o[nH]1. The van der Waals surface area contributed by atoms with Gasteiger partial charge in [0.1, 0.15) is 5.82 Å². The average Bonchev–Trinajstić information content (AvgIpc) is 2.35. The summed E-state index contributed by atoms with van der Waals surface area (Å²) in [5.41, 5.74) is 5.75. The zero-order chi connectivity index (χ0) is 9.14. The summed E-state index contributed by atoms with van der Waals surface area (Å²) in [6.45, 7) is 4.03. The van der Waals surface area contributed by atoms with Gasteiger partial charge in [0.25, 0.3) is 0 Å². The second-order valence-corrected chi connectivity index (χ2v) is 3.14. The summed E-state index contributed by atoms with van der Waals surface area (Å²) in [4.78, 5) is 14.1. The predicted molar refractivity (Wildman–Crippen MR) is 43.6 cm³/mol. The predicted octanol–water partition coefficient (Wildman–Crippen LogP) is -0.111. The number of rotatable bonds is 3. The zero-order valence-corrected chi connectivity index (χ0v) is 7.20. The van der Waals surface area contributed by atoms with Gasteiger partial charge >= 0.3 is 5.76 Å². The van der Waals surface area contributed by atoms with Crippen molar-refractivity contribution in [2.75, 3.05) is 0 Å². The minimum absolute atomic E-state index is 0.00532. The third kappa shape index (κ3) is 2.20. The minimum atomic E-state index is -0.596. The van der Waals surface area contributed by atoms with E-state index in [1.807, 2.05) is 13.8 Å². The first kappa shape index (κ1) is 8.99. The van der Waals surface area contributed by atoms with Gasteiger partial charge in [-0.25, -0.2) is 9.95 Å². The Balaban J connectivity index is 2.58. The van der Waals surface area contributed by atoms with Crippen molar-refractivity contribution in [2.24, 2.45) is 11.7 Å². The molecule has 0 amide bonds. The molecule has 1 rings (SSSR count). The number of nitrogens with zero attached hydrogens (tertiary/aromatic N) is 1. The molecule has 0 saturated carbocycles. The molecule has 0 fully saturated rings. The Hall–Kier alpha value is -1.10. The molecule has 5 heteroatoms. The van der Waals surface area contributed by atoms with E-state index >= 15 is 0 Å². The van der Waals surface area contributed by atoms with Crippen molar-refractivity contribution < 1.29 is 4.52 Å². The Labute approximate surface area is 69.9 Å². The van der Waals surface area contributed by atoms with Crippen LogP contribution in [0.3, 0.4) is 0 Å². The van der Waals surface area contributed by atoms with Crippen molar-refractivity contribution in [2.45, 2.75) is 26.3 Å². The van der Waals surface area contributed by atoms with Gasteiger partial charge in [-0.2, -0.15) is 4.98 Å². The van der Waals surface area contributed by atoms with Crippen LogP contribution >= 0.6 is 0 Å². The Morgan fingerprint density at radius 1 is 1.67 bits per heavy atom. The fourth-order valence-corrected chi connectivity index (χ4v) is 0.805. The molecule has 1 atom stereocenters. The molecule has 0 aromatic carbocycles. The van der Waals surface area contributed by atoms with E-state index < -0.39 is 5.76 Å². The van der Waals surface area contributed by atoms with Gasteiger partial charge in [-0.05, 0) is 5.92 Å². The monoisotopic (exact) mass is 171 g/mol. The highest BCUT2D eigenvalue weighted by Gasteiger charge is 2.11. The number of hydrogen-bond donors (Lipinski definition) is 2. The first-order valence-corrected chi connectivity index (χ1v) is 3.89. The summed E-state index contributed by atoms with van der Waals surface area (Å²) in [6, 6.07) is 0.00532. The molecule has 0 saturated heterocycles. The van der Waals surface area contributed by atoms with E-state index in [-0.39, 0.29) is 6.04 Å². The molecule has 1 aromatic rings. The molecule has 0 radical (unpaired) electrons. The molecule has 0 aliphatic carbocycles. The topological polar surface area (TPSA) is 84.9 Å². The van der Waals surface area contributed by atoms with Crippen LogP contribution in [-0.2, 0) is 6.42 Å². The Morgan fingerprint density at radius 2 is 2.33 bits per heavy atom. The van der Waals surface area contributed by atoms with Crippen LogP contribution in [0.2, 0.25) is 0 Å². The number of nitrogens with two attached hydrogens (primary N) is 1. The quantitative estimate of drug-likeness (QED) is 0.664. The highest BCUT2D eigenvalue weighted by Crippen LogP contribution is 2.02. The maximum atomic E-state index is 10.5. The van der Waals surface area contributed by atoms with Crippen LogP contribution in [0.4, 0.5) is 0 Å². The normalized spacial score (nSPS) is 13.7. The Kier molecular flexibility index (Phi) is 2.65. The van der Waals surface area contributed by atoms with Crippen LogP contribution in [0, 0.1) is 5.92 Å². The number of hydrogen-bond acceptors (Lipinski definition) is 4. The van der Waals surface area contributed by atoms with Crippen molar-refractivity contribution >= 4 is 0 Å². The largest absolute Gasteiger partial charge is 0.459 e. The number of nitrogens with one attached hydrogen (secondary N) is 1. The molecule has 0 aliphatic rings. The van der Waals surface area contributed by atoms with E-state index in [1.54, 1.807) is 0 Å². The van der Waals surface area contributed by atoms with Crippen molar-refractivity contribution in [1.82, 2.24) is 10.1 Å². The molecule has 0 aliphatic heterocycles. The number of aromatic nitrogens is 2. The maximum absolute atomic E-state index is 10.5. The standard InChI is InChI=1S/C7H13N3O2/c1-4(2)5(8)3-6-9-7(11)12-10-6/h4-5H,3,8H2,1-2H3,(H,9,10,11). The van der Waals surface area contributed by atoms with E-state index in [4.69, 9.17) is 5.73 Å². The average molecular weight is 171 g/mol. The molecule has 0 spiro atoms. The second kappa shape index (κ2) is 3.53. The van der Waals surface area contributed by atoms with Gasteiger partial charge < -0.3 is 10.3 Å². The summed E-state index contributed by atoms with van der Waals surface area (Å²) in [5, 5.41) is 2.41. The van der Waals surface area contributed by atoms with Crippen LogP contribution in [-0.4, -0.2) is 16.2 Å². The van der Waals surface area contributed by atoms with Gasteiger partial charge in [0.15, 0.2) is 0 Å². The third-order valence-corrected chi connectivity index (χ3v) is 1.77. The van der Waals surface area contributed by atoms with Gasteiger partial charge in [-0.15, -0.1) is 0 Å². The van der Waals surface area contributed by atoms with Gasteiger partial charge in [-0.1, -0.05) is 13.8 Å². The van der Waals surface area contributed by atoms with E-state index in [2.05, 4.69) is 14.7 Å². The molecule has 1 aromatic heterocycles. The zero-order valence-electron chi connectivity index (χ0n) is 7.20. The van der Waals surface area contributed by atoms with Crippen LogP contribution < -0.4 is 11.5 Å². The fraction of sp³-hybridized carbons (Fsp3) is 0.714. The lowest BCUT2D eigenvalue weighted by molar-refractivity contribution is 0.376. The van der Waals surface area contributed by atoms with Gasteiger partial charge in [-0.3, -0.25) is 0 Å². The Morgan fingerprint density at radius 3 is 2.75 bits per heavy atom. The first-order valence-electron chi connectivity index (χ1n) is 3.89. The molecule has 0 bridgehead atoms. The molecule has 1 heterocycles. The lowest BCUT2D eigenvalue weighted by Gasteiger charge is -2.12. The van der Waals surface area contributed by atoms with Crippen molar-refractivity contribution in [3.63, 3.8) is 0 Å². The minimum Gasteiger partial charge on any atom is -0.327 e. The third-order valence-electron chi connectivity index (χ3n) is 1.77. The molecule has 3 N–H and O–H groups in total. The van der Waals surface area contributed by atoms with Gasteiger partial charge in [0.05, 0.1) is 0 Å². The lowest BCUT2D eigenvalue weighted by atomic mass is 10.0. The summed E-state index contributed by atoms with van der Waals surface area (Å²) >= 11 is 0. The fourth-order valence-electron chi connectivity index (χ4n) is 0.805. The first-order chi connectivity index (χ1) is 5.59. The van der Waals surface area contributed by atoms with E-state index in [1.165, 1.54) is 0 Å². The van der Waals surface area contributed by atoms with E-state index in [0.29, 0.717) is 18.2 Å². The summed E-state index contributed by atoms with van der Waals surface area (Å²) in [7, 11) is 0. The van der Waals surface area contributed by atoms with Gasteiger partial charge in [0, 0.05) is 12.5 Å². The molecular weight excluding hydrogens is 158 g/mol. The van der Waals surface area contributed by atoms with Crippen LogP contribution in [0.25, 0.3) is 0 Å². The maximum Gasteiger partial charge on any atom is 0.459 e. The lowest BCUT2D eigenvalue weighted by Crippen LogP contribution is -2.29. The van der Waals surface area contributed by atoms with Crippen molar-refractivity contribution in [1.29, 1.82) is 0 Å². The molecule has 1 unspecified atom stereocenters. The van der Waals surface area contributed by atoms with Crippen LogP contribution in [0.1, 0.15) is 19.7 Å². The van der Waals surface area contributed by atoms with Crippen LogP contribution in [0.15, 0.2) is 9.32 Å². The van der Waals surface area contributed by atoms with Crippen molar-refractivity contribution in [3.8, 4) is 0 Å². The molecule has 12 heavy (non-hydrogen) atoms. The smallest absolute Gasteiger partial charge is 0.327 e. The van der Waals surface area contributed by atoms with Crippen molar-refractivity contribution in [3.05, 3.63) is 16.4 Å². The molecule has 5 nitrogen and oxygen atoms in total. The van der Waals surface area contributed by atoms with E-state index in [0.717, 1.165) is 0 Å². The highest BCUT2D eigenvalue weighted by atomic mass is 16.5. The van der Waals surface area contributed by atoms with Gasteiger partial charge in [0.2, 0.25) is 0 Å². The summed E-state index contributed by atoms with van der Waals surface area (Å²) in [5.74, 6) is 0.285. The summed E-state index contributed by atoms with van der Waals surface area (Å²) < 4.78 is 4.40. The summed E-state index contributed by atoms with van der Waals surface area (Å²) in [6.07, 6.45) is 0.545.